The summed E-state index contributed by atoms with van der Waals surface area (Å²) in [5, 5.41) is 20.3. The van der Waals surface area contributed by atoms with Crippen LogP contribution in [0, 0.1) is 5.92 Å². The lowest BCUT2D eigenvalue weighted by atomic mass is 9.95. The van der Waals surface area contributed by atoms with Crippen molar-refractivity contribution in [1.82, 2.24) is 4.98 Å². The van der Waals surface area contributed by atoms with Gasteiger partial charge in [0.05, 0.1) is 30.0 Å². The van der Waals surface area contributed by atoms with Gasteiger partial charge in [0.25, 0.3) is 0 Å². The molecule has 1 aromatic carbocycles. The van der Waals surface area contributed by atoms with Crippen LogP contribution in [-0.4, -0.2) is 41.7 Å². The zero-order chi connectivity index (χ0) is 17.4. The molecular weight excluding hydrogens is 320 g/mol. The van der Waals surface area contributed by atoms with E-state index in [-0.39, 0.29) is 5.92 Å². The van der Waals surface area contributed by atoms with Gasteiger partial charge in [-0.15, -0.1) is 0 Å². The first kappa shape index (κ1) is 15.6. The third kappa shape index (κ3) is 2.62. The van der Waals surface area contributed by atoms with E-state index in [4.69, 9.17) is 4.74 Å². The first-order chi connectivity index (χ1) is 12.2. The largest absolute Gasteiger partial charge is 0.465 e. The second kappa shape index (κ2) is 6.18. The van der Waals surface area contributed by atoms with Crippen LogP contribution in [0.4, 0.5) is 11.5 Å². The molecule has 0 spiro atoms. The van der Waals surface area contributed by atoms with Crippen LogP contribution < -0.4 is 10.3 Å². The summed E-state index contributed by atoms with van der Waals surface area (Å²) in [6.45, 7) is 0.722. The summed E-state index contributed by atoms with van der Waals surface area (Å²) in [5.41, 5.74) is 2.93. The van der Waals surface area contributed by atoms with Crippen LogP contribution >= 0.6 is 0 Å². The van der Waals surface area contributed by atoms with Gasteiger partial charge in [0, 0.05) is 18.3 Å². The lowest BCUT2D eigenvalue weighted by molar-refractivity contribution is 0.0601. The second-order valence-electron chi connectivity index (χ2n) is 6.00. The molecule has 3 heterocycles. The zero-order valence-electron chi connectivity index (χ0n) is 13.7. The minimum atomic E-state index is -0.757. The Morgan fingerprint density at radius 1 is 1.32 bits per heavy atom. The number of carbonyl (C=O) groups excluding carboxylic acids is 1. The summed E-state index contributed by atoms with van der Waals surface area (Å²) < 4.78 is 4.71. The van der Waals surface area contributed by atoms with Crippen LogP contribution in [0.15, 0.2) is 47.7 Å². The highest BCUT2D eigenvalue weighted by atomic mass is 16.5. The molecule has 7 heteroatoms. The monoisotopic (exact) mass is 338 g/mol. The lowest BCUT2D eigenvalue weighted by Crippen LogP contribution is -2.33. The molecule has 2 atom stereocenters. The molecule has 1 aromatic heterocycles. The molecule has 2 unspecified atom stereocenters. The Bertz CT molecular complexity index is 834. The van der Waals surface area contributed by atoms with Gasteiger partial charge in [-0.05, 0) is 42.8 Å². The Morgan fingerprint density at radius 2 is 2.12 bits per heavy atom. The summed E-state index contributed by atoms with van der Waals surface area (Å²) in [4.78, 5) is 15.9. The number of hydrazone groups is 1. The van der Waals surface area contributed by atoms with Crippen LogP contribution in [-0.2, 0) is 4.74 Å². The number of methoxy groups -OCH3 is 1. The Balaban J connectivity index is 1.70. The number of rotatable bonds is 2. The van der Waals surface area contributed by atoms with Crippen molar-refractivity contribution in [2.24, 2.45) is 11.0 Å². The third-order valence-corrected chi connectivity index (χ3v) is 4.56. The van der Waals surface area contributed by atoms with Crippen LogP contribution in [0.2, 0.25) is 0 Å². The first-order valence-electron chi connectivity index (χ1n) is 8.12. The summed E-state index contributed by atoms with van der Waals surface area (Å²) in [6.07, 6.45) is 1.74. The number of anilines is 2. The van der Waals surface area contributed by atoms with Crippen LogP contribution in [0.3, 0.4) is 0 Å². The van der Waals surface area contributed by atoms with Crippen molar-refractivity contribution in [2.45, 2.75) is 12.6 Å². The van der Waals surface area contributed by atoms with Gasteiger partial charge in [-0.3, -0.25) is 0 Å². The normalized spacial score (nSPS) is 21.5. The van der Waals surface area contributed by atoms with Crippen molar-refractivity contribution in [3.05, 3.63) is 53.7 Å². The Hall–Kier alpha value is -2.93. The molecule has 2 aromatic rings. The molecule has 0 aliphatic carbocycles. The third-order valence-electron chi connectivity index (χ3n) is 4.56. The fraction of sp³-hybridized carbons (Fsp3) is 0.278. The molecular formula is C18H18N4O3. The van der Waals surface area contributed by atoms with Gasteiger partial charge in [0.2, 0.25) is 0 Å². The summed E-state index contributed by atoms with van der Waals surface area (Å²) in [7, 11) is 1.35. The van der Waals surface area contributed by atoms with Crippen molar-refractivity contribution in [3.8, 4) is 0 Å². The summed E-state index contributed by atoms with van der Waals surface area (Å²) in [6, 6.07) is 10.7. The second-order valence-corrected chi connectivity index (χ2v) is 6.00. The maximum atomic E-state index is 11.6. The average molecular weight is 338 g/mol. The van der Waals surface area contributed by atoms with Gasteiger partial charge < -0.3 is 15.2 Å². The molecule has 25 heavy (non-hydrogen) atoms. The number of benzene rings is 1. The van der Waals surface area contributed by atoms with Gasteiger partial charge in [0.15, 0.2) is 6.23 Å². The standard InChI is InChI=1S/C18H18N4O3/c1-25-18(24)11-4-6-12(7-5-11)22-17(23)14-8-10-20-16-13(15(14)21-22)3-2-9-19-16/h2-7,9,14,17,23H,8,10H2,1H3,(H,19,20). The molecule has 7 nitrogen and oxygen atoms in total. The van der Waals surface area contributed by atoms with E-state index in [1.807, 2.05) is 12.1 Å². The van der Waals surface area contributed by atoms with Crippen molar-refractivity contribution in [3.63, 3.8) is 0 Å². The smallest absolute Gasteiger partial charge is 0.337 e. The minimum Gasteiger partial charge on any atom is -0.465 e. The van der Waals surface area contributed by atoms with E-state index in [0.717, 1.165) is 35.7 Å². The van der Waals surface area contributed by atoms with Crippen molar-refractivity contribution in [2.75, 3.05) is 24.0 Å². The van der Waals surface area contributed by atoms with Gasteiger partial charge in [0.1, 0.15) is 5.82 Å². The highest BCUT2D eigenvalue weighted by Crippen LogP contribution is 2.34. The number of aliphatic hydroxyl groups is 1. The maximum Gasteiger partial charge on any atom is 0.337 e. The van der Waals surface area contributed by atoms with Gasteiger partial charge in [-0.25, -0.2) is 14.8 Å². The minimum absolute atomic E-state index is 0.0989. The van der Waals surface area contributed by atoms with Crippen LogP contribution in [0.1, 0.15) is 22.3 Å². The molecule has 2 aliphatic rings. The fourth-order valence-electron chi connectivity index (χ4n) is 3.28. The molecule has 0 saturated heterocycles. The highest BCUT2D eigenvalue weighted by Gasteiger charge is 2.39. The number of nitrogens with zero attached hydrogens (tertiary/aromatic N) is 3. The highest BCUT2D eigenvalue weighted by molar-refractivity contribution is 6.08. The molecule has 0 radical (unpaired) electrons. The molecule has 0 bridgehead atoms. The number of hydrogen-bond acceptors (Lipinski definition) is 7. The number of pyridine rings is 1. The first-order valence-corrected chi connectivity index (χ1v) is 8.12. The van der Waals surface area contributed by atoms with Crippen LogP contribution in [0.5, 0.6) is 0 Å². The Kier molecular flexibility index (Phi) is 3.85. The van der Waals surface area contributed by atoms with Crippen molar-refractivity contribution >= 4 is 23.2 Å². The van der Waals surface area contributed by atoms with E-state index >= 15 is 0 Å². The summed E-state index contributed by atoms with van der Waals surface area (Å²) >= 11 is 0. The lowest BCUT2D eigenvalue weighted by Gasteiger charge is -2.23. The molecule has 0 amide bonds. The predicted molar refractivity (Wildman–Crippen MR) is 93.6 cm³/mol. The number of ether oxygens (including phenoxy) is 1. The number of esters is 1. The molecule has 0 fully saturated rings. The van der Waals surface area contributed by atoms with Gasteiger partial charge in [-0.1, -0.05) is 0 Å². The van der Waals surface area contributed by atoms with Crippen molar-refractivity contribution in [1.29, 1.82) is 0 Å². The number of hydrogen-bond donors (Lipinski definition) is 2. The number of aromatic nitrogens is 1. The van der Waals surface area contributed by atoms with Crippen LogP contribution in [0.25, 0.3) is 0 Å². The van der Waals surface area contributed by atoms with E-state index in [2.05, 4.69) is 15.4 Å². The molecule has 2 aliphatic heterocycles. The van der Waals surface area contributed by atoms with E-state index < -0.39 is 12.2 Å². The topological polar surface area (TPSA) is 87.0 Å². The van der Waals surface area contributed by atoms with Crippen molar-refractivity contribution < 1.29 is 14.6 Å². The zero-order valence-corrected chi connectivity index (χ0v) is 13.7. The maximum absolute atomic E-state index is 11.6. The van der Waals surface area contributed by atoms with E-state index in [9.17, 15) is 9.90 Å². The SMILES string of the molecule is COC(=O)c1ccc(N2N=C3c4cccnc4NCCC3C2O)cc1. The van der Waals surface area contributed by atoms with E-state index in [1.54, 1.807) is 35.5 Å². The number of carbonyl (C=O) groups is 1. The van der Waals surface area contributed by atoms with Gasteiger partial charge >= 0.3 is 5.97 Å². The number of nitrogens with one attached hydrogen (secondary N) is 1. The molecule has 2 N–H and O–H groups in total. The number of fused-ring (bicyclic) bond motifs is 3. The van der Waals surface area contributed by atoms with E-state index in [0.29, 0.717) is 5.56 Å². The Morgan fingerprint density at radius 3 is 2.88 bits per heavy atom. The molecule has 4 rings (SSSR count). The quantitative estimate of drug-likeness (QED) is 0.813. The van der Waals surface area contributed by atoms with E-state index in [1.165, 1.54) is 7.11 Å². The fourth-order valence-corrected chi connectivity index (χ4v) is 3.28. The molecule has 128 valence electrons. The predicted octanol–water partition coefficient (Wildman–Crippen LogP) is 1.84. The Labute approximate surface area is 144 Å². The molecule has 0 saturated carbocycles. The van der Waals surface area contributed by atoms with Gasteiger partial charge in [-0.2, -0.15) is 5.10 Å². The number of aliphatic hydroxyl groups excluding tert-OH is 1. The average Bonchev–Trinajstić information content (AvgIpc) is 2.87. The summed E-state index contributed by atoms with van der Waals surface area (Å²) in [5.74, 6) is 0.299.